The third kappa shape index (κ3) is 19.6. The van der Waals surface area contributed by atoms with Crippen LogP contribution >= 0.6 is 0 Å². The van der Waals surface area contributed by atoms with E-state index in [2.05, 4.69) is 0 Å². The first-order valence-electron chi connectivity index (χ1n) is 3.11. The molecule has 0 aromatic heterocycles. The average molecular weight is 300 g/mol. The summed E-state index contributed by atoms with van der Waals surface area (Å²) in [6, 6.07) is 0. The Morgan fingerprint density at radius 2 is 1.00 bits per heavy atom. The van der Waals surface area contributed by atoms with Gasteiger partial charge in [-0.25, -0.2) is 0 Å². The summed E-state index contributed by atoms with van der Waals surface area (Å²) in [5.74, 6) is -5.98. The van der Waals surface area contributed by atoms with Gasteiger partial charge in [0.25, 0.3) is 0 Å². The molecular formula is C6H14B3Na3O7. The Bertz CT molecular complexity index is 250. The SMILES string of the molecule is B.B.B.O=C([O-])CC(O)(CC(=O)[O-])C(=O)[O-].[Na+].[Na+].[Na+]. The number of hydrogen-bond acceptors (Lipinski definition) is 7. The second-order valence-corrected chi connectivity index (χ2v) is 2.42. The van der Waals surface area contributed by atoms with E-state index >= 15 is 0 Å². The van der Waals surface area contributed by atoms with Gasteiger partial charge in [0, 0.05) is 24.8 Å². The Hall–Kier alpha value is 1.56. The molecule has 0 aliphatic heterocycles. The second kappa shape index (κ2) is 19.6. The Morgan fingerprint density at radius 3 is 1.11 bits per heavy atom. The first-order chi connectivity index (χ1) is 5.78. The van der Waals surface area contributed by atoms with Gasteiger partial charge in [-0.2, -0.15) is 0 Å². The van der Waals surface area contributed by atoms with E-state index < -0.39 is 36.4 Å². The molecule has 0 spiro atoms. The minimum atomic E-state index is -2.97. The number of aliphatic hydroxyl groups is 1. The predicted octanol–water partition coefficient (Wildman–Crippen LogP) is -17.8. The van der Waals surface area contributed by atoms with Crippen LogP contribution in [0.25, 0.3) is 0 Å². The normalized spacial score (nSPS) is 7.42. The molecule has 0 aliphatic rings. The largest absolute Gasteiger partial charge is 1.00 e. The molecule has 0 aliphatic carbocycles. The molecule has 0 aromatic carbocycles. The molecule has 0 radical (unpaired) electrons. The standard InChI is InChI=1S/C6H8O7.3BH3.3Na/c7-3(8)1-6(13,5(11)12)2-4(9)10;;;;;;/h13H,1-2H2,(H,7,8)(H,9,10)(H,11,12);3*1H3;;;/q;;;;3*+1/p-3. The van der Waals surface area contributed by atoms with Crippen LogP contribution in [0.4, 0.5) is 0 Å². The second-order valence-electron chi connectivity index (χ2n) is 2.42. The van der Waals surface area contributed by atoms with Crippen molar-refractivity contribution in [3.63, 3.8) is 0 Å². The molecule has 0 fully saturated rings. The summed E-state index contributed by atoms with van der Waals surface area (Å²) in [6.07, 6.45) is -2.72. The van der Waals surface area contributed by atoms with Crippen molar-refractivity contribution in [3.05, 3.63) is 0 Å². The number of carbonyl (C=O) groups excluding carboxylic acids is 3. The van der Waals surface area contributed by atoms with Crippen LogP contribution in [0, 0.1) is 0 Å². The summed E-state index contributed by atoms with van der Waals surface area (Å²) in [7, 11) is 0. The van der Waals surface area contributed by atoms with Gasteiger partial charge in [-0.1, -0.05) is 0 Å². The monoisotopic (exact) mass is 300 g/mol. The fourth-order valence-corrected chi connectivity index (χ4v) is 0.684. The number of hydrogen-bond donors (Lipinski definition) is 1. The molecule has 92 valence electrons. The van der Waals surface area contributed by atoms with Crippen LogP contribution in [0.3, 0.4) is 0 Å². The Balaban J connectivity index is -0.0000000480. The average Bonchev–Trinajstić information content (AvgIpc) is 1.82. The van der Waals surface area contributed by atoms with E-state index in [9.17, 15) is 29.7 Å². The fourth-order valence-electron chi connectivity index (χ4n) is 0.684. The molecule has 0 amide bonds. The molecular weight excluding hydrogens is 285 g/mol. The molecule has 7 nitrogen and oxygen atoms in total. The van der Waals surface area contributed by atoms with Crippen molar-refractivity contribution in [2.45, 2.75) is 18.4 Å². The summed E-state index contributed by atoms with van der Waals surface area (Å²) in [5, 5.41) is 38.9. The van der Waals surface area contributed by atoms with Crippen molar-refractivity contribution in [2.24, 2.45) is 0 Å². The van der Waals surface area contributed by atoms with Crippen molar-refractivity contribution in [3.8, 4) is 0 Å². The summed E-state index contributed by atoms with van der Waals surface area (Å²) in [6.45, 7) is 0. The third-order valence-electron chi connectivity index (χ3n) is 1.25. The molecule has 0 unspecified atom stereocenters. The van der Waals surface area contributed by atoms with Gasteiger partial charge in [0.15, 0.2) is 0 Å². The van der Waals surface area contributed by atoms with Crippen LogP contribution in [0.1, 0.15) is 12.8 Å². The van der Waals surface area contributed by atoms with Gasteiger partial charge in [-0.05, 0) is 0 Å². The molecule has 0 saturated heterocycles. The molecule has 0 rings (SSSR count). The Morgan fingerprint density at radius 1 is 0.789 bits per heavy atom. The van der Waals surface area contributed by atoms with E-state index in [-0.39, 0.29) is 114 Å². The van der Waals surface area contributed by atoms with Gasteiger partial charge in [0.05, 0.1) is 31.2 Å². The number of carbonyl (C=O) groups is 3. The minimum absolute atomic E-state index is 0. The quantitative estimate of drug-likeness (QED) is 0.497. The minimum Gasteiger partial charge on any atom is -0.550 e. The number of aliphatic carboxylic acids is 3. The summed E-state index contributed by atoms with van der Waals surface area (Å²) in [5.41, 5.74) is -2.97. The van der Waals surface area contributed by atoms with E-state index in [0.717, 1.165) is 0 Å². The maximum atomic E-state index is 10.1. The van der Waals surface area contributed by atoms with Crippen LogP contribution in [0.2, 0.25) is 0 Å². The third-order valence-corrected chi connectivity index (χ3v) is 1.25. The van der Waals surface area contributed by atoms with Gasteiger partial charge < -0.3 is 34.8 Å². The summed E-state index contributed by atoms with van der Waals surface area (Å²) < 4.78 is 0. The molecule has 19 heavy (non-hydrogen) atoms. The molecule has 0 bridgehead atoms. The van der Waals surface area contributed by atoms with Crippen molar-refractivity contribution in [1.82, 2.24) is 0 Å². The zero-order valence-corrected chi connectivity index (χ0v) is 15.3. The number of carboxylic acid groups (broad SMARTS) is 3. The topological polar surface area (TPSA) is 141 Å². The van der Waals surface area contributed by atoms with Gasteiger partial charge in [-0.15, -0.1) is 0 Å². The van der Waals surface area contributed by atoms with Crippen molar-refractivity contribution < 1.29 is 123 Å². The van der Waals surface area contributed by atoms with E-state index in [1.165, 1.54) is 0 Å². The maximum absolute atomic E-state index is 10.1. The predicted molar refractivity (Wildman–Crippen MR) is 59.0 cm³/mol. The molecule has 0 saturated carbocycles. The van der Waals surface area contributed by atoms with Crippen molar-refractivity contribution in [1.29, 1.82) is 0 Å². The number of carboxylic acids is 3. The summed E-state index contributed by atoms with van der Waals surface area (Å²) in [4.78, 5) is 30.0. The zero-order chi connectivity index (χ0) is 10.6. The zero-order valence-electron chi connectivity index (χ0n) is 9.31. The van der Waals surface area contributed by atoms with E-state index in [0.29, 0.717) is 0 Å². The van der Waals surface area contributed by atoms with E-state index in [1.54, 1.807) is 0 Å². The molecule has 0 aromatic rings. The van der Waals surface area contributed by atoms with Crippen molar-refractivity contribution >= 4 is 43.1 Å². The van der Waals surface area contributed by atoms with Gasteiger partial charge in [0.1, 0.15) is 5.60 Å². The molecule has 0 heterocycles. The van der Waals surface area contributed by atoms with Crippen molar-refractivity contribution in [2.75, 3.05) is 0 Å². The first kappa shape index (κ1) is 42.8. The Kier molecular flexibility index (Phi) is 44.1. The van der Waals surface area contributed by atoms with Gasteiger partial charge in [-0.3, -0.25) is 0 Å². The van der Waals surface area contributed by atoms with Crippen LogP contribution < -0.4 is 104 Å². The smallest absolute Gasteiger partial charge is 0.550 e. The maximum Gasteiger partial charge on any atom is 1.00 e. The molecule has 1 N–H and O–H groups in total. The van der Waals surface area contributed by atoms with Crippen LogP contribution in [-0.2, 0) is 14.4 Å². The fraction of sp³-hybridized carbons (Fsp3) is 0.500. The first-order valence-corrected chi connectivity index (χ1v) is 3.11. The van der Waals surface area contributed by atoms with E-state index in [1.807, 2.05) is 0 Å². The number of rotatable bonds is 5. The van der Waals surface area contributed by atoms with Crippen LogP contribution in [-0.4, -0.2) is 53.9 Å². The van der Waals surface area contributed by atoms with E-state index in [4.69, 9.17) is 5.11 Å². The van der Waals surface area contributed by atoms with Crippen LogP contribution in [0.15, 0.2) is 0 Å². The van der Waals surface area contributed by atoms with Gasteiger partial charge >= 0.3 is 88.7 Å². The molecule has 0 atom stereocenters. The summed E-state index contributed by atoms with van der Waals surface area (Å²) >= 11 is 0. The Labute approximate surface area is 182 Å². The molecule has 13 heteroatoms. The van der Waals surface area contributed by atoms with Crippen LogP contribution in [0.5, 0.6) is 0 Å². The van der Waals surface area contributed by atoms with Gasteiger partial charge in [0.2, 0.25) is 0 Å².